The van der Waals surface area contributed by atoms with E-state index >= 15 is 0 Å². The quantitative estimate of drug-likeness (QED) is 0.907. The molecule has 0 saturated carbocycles. The van der Waals surface area contributed by atoms with E-state index in [2.05, 4.69) is 23.7 Å². The van der Waals surface area contributed by atoms with Crippen LogP contribution in [0.3, 0.4) is 0 Å². The van der Waals surface area contributed by atoms with Crippen molar-refractivity contribution in [2.75, 3.05) is 7.05 Å². The van der Waals surface area contributed by atoms with Gasteiger partial charge < -0.3 is 10.2 Å². The molecular formula is C14H20N2OS. The van der Waals surface area contributed by atoms with Crippen LogP contribution in [0.15, 0.2) is 11.4 Å². The van der Waals surface area contributed by atoms with Gasteiger partial charge in [0.1, 0.15) is 0 Å². The Labute approximate surface area is 112 Å². The number of hydrogen-bond donors (Lipinski definition) is 1. The highest BCUT2D eigenvalue weighted by Gasteiger charge is 2.43. The Morgan fingerprint density at radius 3 is 2.94 bits per heavy atom. The van der Waals surface area contributed by atoms with E-state index in [-0.39, 0.29) is 5.92 Å². The zero-order chi connectivity index (χ0) is 12.7. The van der Waals surface area contributed by atoms with Crippen LogP contribution in [0.4, 0.5) is 0 Å². The van der Waals surface area contributed by atoms with Crippen LogP contribution >= 0.6 is 11.3 Å². The topological polar surface area (TPSA) is 32.3 Å². The molecule has 2 aliphatic heterocycles. The summed E-state index contributed by atoms with van der Waals surface area (Å²) in [6.07, 6.45) is 3.46. The number of thiophene rings is 1. The van der Waals surface area contributed by atoms with E-state index in [9.17, 15) is 4.79 Å². The van der Waals surface area contributed by atoms with Crippen molar-refractivity contribution in [3.63, 3.8) is 0 Å². The van der Waals surface area contributed by atoms with Gasteiger partial charge in [-0.15, -0.1) is 11.3 Å². The van der Waals surface area contributed by atoms with E-state index < -0.39 is 0 Å². The smallest absolute Gasteiger partial charge is 0.227 e. The van der Waals surface area contributed by atoms with E-state index in [1.54, 1.807) is 11.3 Å². The minimum atomic E-state index is 0.217. The Bertz CT molecular complexity index is 456. The maximum absolute atomic E-state index is 12.5. The summed E-state index contributed by atoms with van der Waals surface area (Å²) in [5, 5.41) is 5.64. The predicted molar refractivity (Wildman–Crippen MR) is 73.6 cm³/mol. The second kappa shape index (κ2) is 4.67. The molecule has 0 aliphatic carbocycles. The highest BCUT2D eigenvalue weighted by atomic mass is 32.1. The van der Waals surface area contributed by atoms with Gasteiger partial charge in [0.25, 0.3) is 0 Å². The normalized spacial score (nSPS) is 29.8. The molecule has 18 heavy (non-hydrogen) atoms. The number of rotatable bonds is 3. The second-order valence-electron chi connectivity index (χ2n) is 5.61. The standard InChI is InChI=1S/C14H20N2OS/c1-9-5-6-18-13(9)8-16(2)14(17)11-7-10-3-4-12(11)15-10/h5-6,10-12,15H,3-4,7-8H2,1-2H3. The second-order valence-corrected chi connectivity index (χ2v) is 6.61. The molecule has 2 fully saturated rings. The van der Waals surface area contributed by atoms with Crippen molar-refractivity contribution in [2.24, 2.45) is 5.92 Å². The first-order valence-electron chi connectivity index (χ1n) is 6.69. The molecule has 4 heteroatoms. The fourth-order valence-electron chi connectivity index (χ4n) is 3.24. The van der Waals surface area contributed by atoms with Crippen LogP contribution in [0.2, 0.25) is 0 Å². The van der Waals surface area contributed by atoms with Gasteiger partial charge in [0.05, 0.1) is 12.5 Å². The molecule has 3 atom stereocenters. The summed E-state index contributed by atoms with van der Waals surface area (Å²) in [5.74, 6) is 0.538. The summed E-state index contributed by atoms with van der Waals surface area (Å²) < 4.78 is 0. The van der Waals surface area contributed by atoms with Crippen LogP contribution in [0.1, 0.15) is 29.7 Å². The Kier molecular flexibility index (Phi) is 3.16. The van der Waals surface area contributed by atoms with Crippen molar-refractivity contribution in [1.82, 2.24) is 10.2 Å². The third-order valence-corrected chi connectivity index (χ3v) is 5.35. The largest absolute Gasteiger partial charge is 0.340 e. The molecule has 0 radical (unpaired) electrons. The number of hydrogen-bond acceptors (Lipinski definition) is 3. The third-order valence-electron chi connectivity index (χ3n) is 4.34. The van der Waals surface area contributed by atoms with Crippen LogP contribution in [0, 0.1) is 12.8 Å². The molecule has 3 unspecified atom stereocenters. The summed E-state index contributed by atoms with van der Waals surface area (Å²) in [6.45, 7) is 2.87. The lowest BCUT2D eigenvalue weighted by Gasteiger charge is -2.25. The zero-order valence-electron chi connectivity index (χ0n) is 11.0. The van der Waals surface area contributed by atoms with Gasteiger partial charge >= 0.3 is 0 Å². The molecular weight excluding hydrogens is 244 g/mol. The lowest BCUT2D eigenvalue weighted by Crippen LogP contribution is -2.38. The van der Waals surface area contributed by atoms with E-state index in [0.29, 0.717) is 18.0 Å². The van der Waals surface area contributed by atoms with Crippen LogP contribution < -0.4 is 5.32 Å². The van der Waals surface area contributed by atoms with Crippen LogP contribution in [-0.2, 0) is 11.3 Å². The molecule has 0 aromatic carbocycles. The lowest BCUT2D eigenvalue weighted by atomic mass is 9.88. The van der Waals surface area contributed by atoms with Gasteiger partial charge in [-0.1, -0.05) is 0 Å². The molecule has 98 valence electrons. The van der Waals surface area contributed by atoms with Crippen molar-refractivity contribution in [3.05, 3.63) is 21.9 Å². The molecule has 2 saturated heterocycles. The van der Waals surface area contributed by atoms with Gasteiger partial charge in [-0.25, -0.2) is 0 Å². The molecule has 3 heterocycles. The molecule has 3 nitrogen and oxygen atoms in total. The van der Waals surface area contributed by atoms with Gasteiger partial charge in [-0.05, 0) is 43.2 Å². The minimum Gasteiger partial charge on any atom is -0.340 e. The predicted octanol–water partition coefficient (Wildman–Crippen LogP) is 2.16. The maximum Gasteiger partial charge on any atom is 0.227 e. The fourth-order valence-corrected chi connectivity index (χ4v) is 4.20. The lowest BCUT2D eigenvalue weighted by molar-refractivity contribution is -0.135. The summed E-state index contributed by atoms with van der Waals surface area (Å²) in [7, 11) is 1.94. The molecule has 2 aliphatic rings. The van der Waals surface area contributed by atoms with Gasteiger partial charge in [0.2, 0.25) is 5.91 Å². The molecule has 0 spiro atoms. The van der Waals surface area contributed by atoms with Crippen molar-refractivity contribution >= 4 is 17.2 Å². The summed E-state index contributed by atoms with van der Waals surface area (Å²) >= 11 is 1.74. The van der Waals surface area contributed by atoms with Crippen molar-refractivity contribution in [3.8, 4) is 0 Å². The molecule has 1 aromatic heterocycles. The fraction of sp³-hybridized carbons (Fsp3) is 0.643. The monoisotopic (exact) mass is 264 g/mol. The van der Waals surface area contributed by atoms with Crippen LogP contribution in [0.5, 0.6) is 0 Å². The Morgan fingerprint density at radius 2 is 2.39 bits per heavy atom. The van der Waals surface area contributed by atoms with E-state index in [1.807, 2.05) is 11.9 Å². The summed E-state index contributed by atoms with van der Waals surface area (Å²) in [5.41, 5.74) is 1.30. The van der Waals surface area contributed by atoms with Crippen LogP contribution in [0.25, 0.3) is 0 Å². The molecule has 3 rings (SSSR count). The molecule has 1 amide bonds. The van der Waals surface area contributed by atoms with E-state index in [4.69, 9.17) is 0 Å². The van der Waals surface area contributed by atoms with Gasteiger partial charge in [0, 0.05) is 24.0 Å². The minimum absolute atomic E-state index is 0.217. The summed E-state index contributed by atoms with van der Waals surface area (Å²) in [6, 6.07) is 3.16. The first-order chi connectivity index (χ1) is 8.65. The first-order valence-corrected chi connectivity index (χ1v) is 7.57. The Morgan fingerprint density at radius 1 is 1.56 bits per heavy atom. The summed E-state index contributed by atoms with van der Waals surface area (Å²) in [4.78, 5) is 15.7. The van der Waals surface area contributed by atoms with Crippen molar-refractivity contribution in [1.29, 1.82) is 0 Å². The Hall–Kier alpha value is -0.870. The molecule has 1 N–H and O–H groups in total. The zero-order valence-corrected chi connectivity index (χ0v) is 11.8. The Balaban J connectivity index is 1.64. The van der Waals surface area contributed by atoms with Crippen molar-refractivity contribution in [2.45, 2.75) is 44.8 Å². The van der Waals surface area contributed by atoms with Gasteiger partial charge in [0.15, 0.2) is 0 Å². The average molecular weight is 264 g/mol. The molecule has 2 bridgehead atoms. The van der Waals surface area contributed by atoms with Gasteiger partial charge in [-0.2, -0.15) is 0 Å². The SMILES string of the molecule is Cc1ccsc1CN(C)C(=O)C1CC2CCC1N2. The first kappa shape index (κ1) is 12.2. The van der Waals surface area contributed by atoms with Crippen LogP contribution in [-0.4, -0.2) is 29.9 Å². The van der Waals surface area contributed by atoms with E-state index in [0.717, 1.165) is 13.0 Å². The number of fused-ring (bicyclic) bond motifs is 2. The number of nitrogens with zero attached hydrogens (tertiary/aromatic N) is 1. The number of aryl methyl sites for hydroxylation is 1. The average Bonchev–Trinajstić information content (AvgIpc) is 3.05. The maximum atomic E-state index is 12.5. The number of amides is 1. The highest BCUT2D eigenvalue weighted by molar-refractivity contribution is 7.10. The van der Waals surface area contributed by atoms with E-state index in [1.165, 1.54) is 23.3 Å². The van der Waals surface area contributed by atoms with Gasteiger partial charge in [-0.3, -0.25) is 4.79 Å². The van der Waals surface area contributed by atoms with Crippen molar-refractivity contribution < 1.29 is 4.79 Å². The number of carbonyl (C=O) groups is 1. The number of nitrogens with one attached hydrogen (secondary N) is 1. The third kappa shape index (κ3) is 2.08. The highest BCUT2D eigenvalue weighted by Crippen LogP contribution is 2.34. The number of carbonyl (C=O) groups excluding carboxylic acids is 1. The molecule has 1 aromatic rings.